The van der Waals surface area contributed by atoms with Gasteiger partial charge in [-0.15, -0.1) is 0 Å². The number of hydrogen-bond acceptors (Lipinski definition) is 3. The Morgan fingerprint density at radius 1 is 1.47 bits per heavy atom. The van der Waals surface area contributed by atoms with Gasteiger partial charge in [-0.25, -0.2) is 0 Å². The van der Waals surface area contributed by atoms with Crippen molar-refractivity contribution in [2.24, 2.45) is 0 Å². The van der Waals surface area contributed by atoms with E-state index in [1.54, 1.807) is 24.3 Å². The maximum atomic E-state index is 11.4. The lowest BCUT2D eigenvalue weighted by Gasteiger charge is -2.04. The molecular formula is C12H14NO4+. The first kappa shape index (κ1) is 12.9. The third-order valence-corrected chi connectivity index (χ3v) is 2.12. The summed E-state index contributed by atoms with van der Waals surface area (Å²) in [7, 11) is 1.26. The van der Waals surface area contributed by atoms with Gasteiger partial charge in [0.15, 0.2) is 0 Å². The number of nitrogens with one attached hydrogen (secondary N) is 1. The van der Waals surface area contributed by atoms with Crippen molar-refractivity contribution >= 4 is 18.2 Å². The number of carbonyl (C=O) groups excluding carboxylic acids is 3. The molecule has 0 fully saturated rings. The van der Waals surface area contributed by atoms with Crippen LogP contribution in [0.2, 0.25) is 0 Å². The summed E-state index contributed by atoms with van der Waals surface area (Å²) >= 11 is 0. The standard InChI is InChI=1S/C12H13NO4/c1-17-12(16)7-13-11(15)6-9-3-2-4-10(5-9)8-14/h2-5,8H,6-7H2,1H3,(H,13,15)/p+1. The molecule has 1 rings (SSSR count). The van der Waals surface area contributed by atoms with Crippen LogP contribution in [0.3, 0.4) is 0 Å². The van der Waals surface area contributed by atoms with Crippen LogP contribution in [0.5, 0.6) is 0 Å². The predicted octanol–water partition coefficient (Wildman–Crippen LogP) is 0.0411. The van der Waals surface area contributed by atoms with E-state index in [4.69, 9.17) is 4.79 Å². The molecule has 0 spiro atoms. The van der Waals surface area contributed by atoms with Gasteiger partial charge in [-0.1, -0.05) is 12.1 Å². The largest absolute Gasteiger partial charge is 0.468 e. The zero-order chi connectivity index (χ0) is 12.7. The highest BCUT2D eigenvalue weighted by atomic mass is 16.5. The fourth-order valence-electron chi connectivity index (χ4n) is 1.27. The predicted molar refractivity (Wildman–Crippen MR) is 62.3 cm³/mol. The molecule has 0 radical (unpaired) electrons. The molecule has 1 amide bonds. The maximum Gasteiger partial charge on any atom is 0.325 e. The molecule has 0 saturated heterocycles. The first-order valence-electron chi connectivity index (χ1n) is 5.05. The minimum atomic E-state index is -0.490. The number of amides is 1. The lowest BCUT2D eigenvalue weighted by molar-refractivity contribution is -0.141. The fraction of sp³-hybridized carbons (Fsp3) is 0.250. The summed E-state index contributed by atoms with van der Waals surface area (Å²) in [5, 5.41) is 2.43. The Kier molecular flexibility index (Phi) is 4.87. The molecular weight excluding hydrogens is 222 g/mol. The lowest BCUT2D eigenvalue weighted by atomic mass is 10.1. The molecule has 0 unspecified atom stereocenters. The van der Waals surface area contributed by atoms with Crippen LogP contribution < -0.4 is 5.32 Å². The van der Waals surface area contributed by atoms with E-state index in [2.05, 4.69) is 10.1 Å². The topological polar surface area (TPSA) is 76.8 Å². The molecule has 0 bridgehead atoms. The van der Waals surface area contributed by atoms with Gasteiger partial charge >= 0.3 is 12.3 Å². The second-order valence-electron chi connectivity index (χ2n) is 3.40. The van der Waals surface area contributed by atoms with Crippen LogP contribution in [0.15, 0.2) is 24.3 Å². The van der Waals surface area contributed by atoms with Gasteiger partial charge in [0.05, 0.1) is 19.1 Å². The molecule has 0 heterocycles. The Morgan fingerprint density at radius 2 is 2.24 bits per heavy atom. The molecule has 2 N–H and O–H groups in total. The fourth-order valence-corrected chi connectivity index (χ4v) is 1.27. The Morgan fingerprint density at radius 3 is 2.88 bits per heavy atom. The molecule has 1 aromatic rings. The quantitative estimate of drug-likeness (QED) is 0.445. The number of hydrogen-bond donors (Lipinski definition) is 1. The van der Waals surface area contributed by atoms with Crippen molar-refractivity contribution in [3.8, 4) is 0 Å². The molecule has 17 heavy (non-hydrogen) atoms. The van der Waals surface area contributed by atoms with Crippen molar-refractivity contribution in [2.45, 2.75) is 6.42 Å². The van der Waals surface area contributed by atoms with Gasteiger partial charge in [0, 0.05) is 0 Å². The van der Waals surface area contributed by atoms with Gasteiger partial charge in [0.1, 0.15) is 6.54 Å². The van der Waals surface area contributed by atoms with E-state index in [-0.39, 0.29) is 18.9 Å². The zero-order valence-corrected chi connectivity index (χ0v) is 9.47. The Labute approximate surface area is 98.8 Å². The van der Waals surface area contributed by atoms with Crippen LogP contribution in [-0.4, -0.2) is 36.6 Å². The van der Waals surface area contributed by atoms with Gasteiger partial charge in [0.25, 0.3) is 0 Å². The molecule has 1 aromatic carbocycles. The van der Waals surface area contributed by atoms with Crippen LogP contribution >= 0.6 is 0 Å². The second kappa shape index (κ2) is 6.42. The van der Waals surface area contributed by atoms with Crippen molar-refractivity contribution < 1.29 is 19.1 Å². The van der Waals surface area contributed by atoms with E-state index in [1.807, 2.05) is 0 Å². The molecule has 0 atom stereocenters. The van der Waals surface area contributed by atoms with E-state index in [1.165, 1.54) is 7.11 Å². The van der Waals surface area contributed by atoms with E-state index in [9.17, 15) is 9.59 Å². The van der Waals surface area contributed by atoms with E-state index < -0.39 is 5.97 Å². The summed E-state index contributed by atoms with van der Waals surface area (Å²) in [5.74, 6) is -0.763. The van der Waals surface area contributed by atoms with Crippen LogP contribution in [0.4, 0.5) is 0 Å². The first-order valence-corrected chi connectivity index (χ1v) is 5.05. The minimum absolute atomic E-state index is 0.138. The third-order valence-electron chi connectivity index (χ3n) is 2.12. The van der Waals surface area contributed by atoms with Gasteiger partial charge in [-0.05, 0) is 17.7 Å². The van der Waals surface area contributed by atoms with Crippen LogP contribution in [0, 0.1) is 0 Å². The molecule has 0 aromatic heterocycles. The average Bonchev–Trinajstić information content (AvgIpc) is 2.36. The number of carbonyl (C=O) groups is 2. The monoisotopic (exact) mass is 236 g/mol. The van der Waals surface area contributed by atoms with Crippen molar-refractivity contribution in [3.63, 3.8) is 0 Å². The summed E-state index contributed by atoms with van der Waals surface area (Å²) in [5.41, 5.74) is 1.39. The number of benzene rings is 1. The smallest absolute Gasteiger partial charge is 0.325 e. The highest BCUT2D eigenvalue weighted by Gasteiger charge is 2.07. The molecule has 0 aliphatic rings. The highest BCUT2D eigenvalue weighted by Crippen LogP contribution is 2.03. The van der Waals surface area contributed by atoms with Crippen molar-refractivity contribution in [3.05, 3.63) is 35.4 Å². The highest BCUT2D eigenvalue weighted by molar-refractivity contribution is 5.84. The Bertz CT molecular complexity index is 428. The van der Waals surface area contributed by atoms with E-state index >= 15 is 0 Å². The van der Waals surface area contributed by atoms with E-state index in [0.29, 0.717) is 5.56 Å². The average molecular weight is 236 g/mol. The number of esters is 1. The van der Waals surface area contributed by atoms with Gasteiger partial charge in [-0.2, -0.15) is 0 Å². The number of ether oxygens (including phenoxy) is 1. The molecule has 90 valence electrons. The number of methoxy groups -OCH3 is 1. The summed E-state index contributed by atoms with van der Waals surface area (Å²) in [6, 6.07) is 6.92. The number of aldehydes is 1. The van der Waals surface area contributed by atoms with Crippen molar-refractivity contribution in [1.82, 2.24) is 5.32 Å². The van der Waals surface area contributed by atoms with Crippen LogP contribution in [0.25, 0.3) is 0 Å². The van der Waals surface area contributed by atoms with Gasteiger partial charge in [0.2, 0.25) is 5.91 Å². The molecule has 0 aliphatic heterocycles. The van der Waals surface area contributed by atoms with Crippen molar-refractivity contribution in [1.29, 1.82) is 0 Å². The number of rotatable bonds is 5. The SMILES string of the molecule is COC(=O)CNC(=O)Cc1cccc(C=[OH+])c1. The summed E-state index contributed by atoms with van der Waals surface area (Å²) in [4.78, 5) is 31.1. The summed E-state index contributed by atoms with van der Waals surface area (Å²) in [6.45, 7) is -0.138. The maximum absolute atomic E-state index is 11.4. The lowest BCUT2D eigenvalue weighted by Crippen LogP contribution is -2.31. The van der Waals surface area contributed by atoms with Gasteiger partial charge < -0.3 is 10.1 Å². The normalized spacial score (nSPS) is 9.47. The van der Waals surface area contributed by atoms with Gasteiger partial charge in [-0.3, -0.25) is 14.4 Å². The van der Waals surface area contributed by atoms with Crippen LogP contribution in [-0.2, 0) is 20.7 Å². The molecule has 5 nitrogen and oxygen atoms in total. The Balaban J connectivity index is 2.50. The zero-order valence-electron chi connectivity index (χ0n) is 9.47. The van der Waals surface area contributed by atoms with E-state index in [0.717, 1.165) is 11.8 Å². The molecule has 5 heteroatoms. The summed E-state index contributed by atoms with van der Waals surface area (Å²) in [6.07, 6.45) is 1.12. The van der Waals surface area contributed by atoms with Crippen LogP contribution in [0.1, 0.15) is 11.1 Å². The Hall–Kier alpha value is -2.17. The first-order chi connectivity index (χ1) is 8.15. The molecule has 0 saturated carbocycles. The van der Waals surface area contributed by atoms with Crippen molar-refractivity contribution in [2.75, 3.05) is 13.7 Å². The summed E-state index contributed by atoms with van der Waals surface area (Å²) < 4.78 is 4.40. The minimum Gasteiger partial charge on any atom is -0.468 e. The molecule has 0 aliphatic carbocycles. The third kappa shape index (κ3) is 4.46. The second-order valence-corrected chi connectivity index (χ2v) is 3.40.